The molecule has 0 aliphatic carbocycles. The first-order valence-electron chi connectivity index (χ1n) is 5.42. The van der Waals surface area contributed by atoms with Gasteiger partial charge in [-0.1, -0.05) is 18.2 Å². The molecule has 0 saturated carbocycles. The molecule has 5 heteroatoms. The second-order valence-corrected chi connectivity index (χ2v) is 5.14. The van der Waals surface area contributed by atoms with Crippen LogP contribution in [-0.4, -0.2) is 28.9 Å². The lowest BCUT2D eigenvalue weighted by Gasteiger charge is -2.24. The molecule has 90 valence electrons. The fourth-order valence-corrected chi connectivity index (χ4v) is 2.85. The van der Waals surface area contributed by atoms with Crippen LogP contribution in [0.5, 0.6) is 0 Å². The van der Waals surface area contributed by atoms with E-state index in [2.05, 4.69) is 10.6 Å². The molecule has 4 nitrogen and oxygen atoms in total. The predicted molar refractivity (Wildman–Crippen MR) is 68.9 cm³/mol. The van der Waals surface area contributed by atoms with Crippen molar-refractivity contribution in [3.8, 4) is 0 Å². The summed E-state index contributed by atoms with van der Waals surface area (Å²) in [6, 6.07) is 9.15. The quantitative estimate of drug-likeness (QED) is 0.793. The Morgan fingerprint density at radius 2 is 2.06 bits per heavy atom. The summed E-state index contributed by atoms with van der Waals surface area (Å²) >= 11 is 1.35. The molecule has 2 rings (SSSR count). The highest BCUT2D eigenvalue weighted by Gasteiger charge is 2.46. The maximum absolute atomic E-state index is 12.2. The van der Waals surface area contributed by atoms with Crippen LogP contribution in [0.15, 0.2) is 30.3 Å². The number of rotatable bonds is 3. The van der Waals surface area contributed by atoms with E-state index < -0.39 is 4.87 Å². The number of carbonyl (C=O) groups excluding carboxylic acids is 2. The summed E-state index contributed by atoms with van der Waals surface area (Å²) in [7, 11) is 0. The second-order valence-electron chi connectivity index (χ2n) is 3.83. The summed E-state index contributed by atoms with van der Waals surface area (Å²) in [4.78, 5) is 22.7. The van der Waals surface area contributed by atoms with Gasteiger partial charge in [-0.25, -0.2) is 0 Å². The average molecular weight is 250 g/mol. The maximum Gasteiger partial charge on any atom is 0.262 e. The zero-order chi connectivity index (χ0) is 12.3. The van der Waals surface area contributed by atoms with Crippen molar-refractivity contribution < 1.29 is 9.59 Å². The molecule has 1 amide bonds. The summed E-state index contributed by atoms with van der Waals surface area (Å²) in [5.74, 6) is 0.314. The average Bonchev–Trinajstić information content (AvgIpc) is 2.80. The molecule has 0 aromatic heterocycles. The lowest BCUT2D eigenvalue weighted by Crippen LogP contribution is -2.53. The van der Waals surface area contributed by atoms with Crippen LogP contribution >= 0.6 is 11.8 Å². The Labute approximate surface area is 104 Å². The third-order valence-electron chi connectivity index (χ3n) is 2.64. The van der Waals surface area contributed by atoms with Crippen LogP contribution in [0.3, 0.4) is 0 Å². The molecule has 1 atom stereocenters. The number of benzene rings is 1. The van der Waals surface area contributed by atoms with E-state index in [1.54, 1.807) is 12.1 Å². The number of para-hydroxylation sites is 1. The molecule has 1 aliphatic rings. The number of thioether (sulfide) groups is 1. The van der Waals surface area contributed by atoms with Crippen molar-refractivity contribution in [1.29, 1.82) is 0 Å². The number of carbonyl (C=O) groups is 2. The van der Waals surface area contributed by atoms with Gasteiger partial charge in [0, 0.05) is 18.0 Å². The van der Waals surface area contributed by atoms with E-state index in [9.17, 15) is 9.59 Å². The first-order chi connectivity index (χ1) is 8.15. The van der Waals surface area contributed by atoms with Crippen LogP contribution in [0, 0.1) is 0 Å². The van der Waals surface area contributed by atoms with Crippen LogP contribution in [0.4, 0.5) is 5.69 Å². The van der Waals surface area contributed by atoms with Gasteiger partial charge in [-0.2, -0.15) is 0 Å². The first kappa shape index (κ1) is 12.1. The van der Waals surface area contributed by atoms with Gasteiger partial charge in [0.25, 0.3) is 5.91 Å². The van der Waals surface area contributed by atoms with Gasteiger partial charge in [-0.15, -0.1) is 11.8 Å². The Morgan fingerprint density at radius 1 is 1.35 bits per heavy atom. The number of anilines is 1. The van der Waals surface area contributed by atoms with Crippen LogP contribution < -0.4 is 10.6 Å². The molecule has 0 bridgehead atoms. The monoisotopic (exact) mass is 250 g/mol. The number of nitrogens with one attached hydrogen (secondary N) is 2. The molecule has 0 radical (unpaired) electrons. The lowest BCUT2D eigenvalue weighted by atomic mass is 10.1. The van der Waals surface area contributed by atoms with Crippen LogP contribution in [-0.2, 0) is 9.59 Å². The number of hydrogen-bond donors (Lipinski definition) is 2. The highest BCUT2D eigenvalue weighted by Crippen LogP contribution is 2.29. The van der Waals surface area contributed by atoms with Crippen molar-refractivity contribution in [2.75, 3.05) is 17.6 Å². The largest absolute Gasteiger partial charge is 0.323 e. The molecule has 1 heterocycles. The number of Topliss-reactive ketones (excluding diaryl/α,β-unsaturated/α-hetero) is 1. The molecule has 1 aromatic rings. The van der Waals surface area contributed by atoms with E-state index in [1.165, 1.54) is 18.7 Å². The topological polar surface area (TPSA) is 58.2 Å². The minimum Gasteiger partial charge on any atom is -0.323 e. The minimum absolute atomic E-state index is 0.159. The van der Waals surface area contributed by atoms with E-state index in [0.717, 1.165) is 5.75 Å². The van der Waals surface area contributed by atoms with Crippen molar-refractivity contribution in [3.63, 3.8) is 0 Å². The Balaban J connectivity index is 2.16. The predicted octanol–water partition coefficient (Wildman–Crippen LogP) is 1.25. The zero-order valence-corrected chi connectivity index (χ0v) is 10.3. The normalized spacial score (nSPS) is 23.4. The van der Waals surface area contributed by atoms with Gasteiger partial charge in [0.05, 0.1) is 0 Å². The standard InChI is InChI=1S/C12H14N2O2S/c1-9(15)12(13-7-8-17-12)11(16)14-10-5-3-2-4-6-10/h2-6,13H,7-8H2,1H3,(H,14,16). The molecule has 0 spiro atoms. The SMILES string of the molecule is CC(=O)C1(C(=O)Nc2ccccc2)NCCS1. The smallest absolute Gasteiger partial charge is 0.262 e. The summed E-state index contributed by atoms with van der Waals surface area (Å²) in [5.41, 5.74) is 0.701. The number of amides is 1. The first-order valence-corrected chi connectivity index (χ1v) is 6.40. The summed E-state index contributed by atoms with van der Waals surface area (Å²) in [6.45, 7) is 2.11. The van der Waals surface area contributed by atoms with Crippen LogP contribution in [0.1, 0.15) is 6.92 Å². The molecule has 2 N–H and O–H groups in total. The van der Waals surface area contributed by atoms with E-state index in [-0.39, 0.29) is 11.7 Å². The molecule has 1 aromatic carbocycles. The molecule has 17 heavy (non-hydrogen) atoms. The summed E-state index contributed by atoms with van der Waals surface area (Å²) < 4.78 is 0. The minimum atomic E-state index is -1.12. The number of ketones is 1. The number of hydrogen-bond acceptors (Lipinski definition) is 4. The Morgan fingerprint density at radius 3 is 2.59 bits per heavy atom. The molecular weight excluding hydrogens is 236 g/mol. The van der Waals surface area contributed by atoms with Gasteiger partial charge in [0.15, 0.2) is 5.78 Å². The zero-order valence-electron chi connectivity index (χ0n) is 9.53. The molecule has 1 saturated heterocycles. The van der Waals surface area contributed by atoms with Crippen molar-refractivity contribution in [3.05, 3.63) is 30.3 Å². The fraction of sp³-hybridized carbons (Fsp3) is 0.333. The van der Waals surface area contributed by atoms with E-state index in [0.29, 0.717) is 12.2 Å². The van der Waals surface area contributed by atoms with Crippen molar-refractivity contribution >= 4 is 29.1 Å². The van der Waals surface area contributed by atoms with Gasteiger partial charge in [0.2, 0.25) is 4.87 Å². The van der Waals surface area contributed by atoms with Crippen molar-refractivity contribution in [1.82, 2.24) is 5.32 Å². The van der Waals surface area contributed by atoms with E-state index in [4.69, 9.17) is 0 Å². The molecule has 1 aliphatic heterocycles. The molecular formula is C12H14N2O2S. The highest BCUT2D eigenvalue weighted by molar-refractivity contribution is 8.02. The summed E-state index contributed by atoms with van der Waals surface area (Å²) in [5, 5.41) is 5.75. The van der Waals surface area contributed by atoms with Gasteiger partial charge in [-0.05, 0) is 19.1 Å². The maximum atomic E-state index is 12.2. The van der Waals surface area contributed by atoms with Gasteiger partial charge < -0.3 is 5.32 Å². The van der Waals surface area contributed by atoms with Crippen LogP contribution in [0.25, 0.3) is 0 Å². The van der Waals surface area contributed by atoms with Gasteiger partial charge in [-0.3, -0.25) is 14.9 Å². The second kappa shape index (κ2) is 4.89. The Hall–Kier alpha value is -1.33. The van der Waals surface area contributed by atoms with E-state index in [1.807, 2.05) is 18.2 Å². The Bertz CT molecular complexity index is 427. The van der Waals surface area contributed by atoms with Crippen molar-refractivity contribution in [2.45, 2.75) is 11.8 Å². The molecule has 1 unspecified atom stereocenters. The lowest BCUT2D eigenvalue weighted by molar-refractivity contribution is -0.128. The fourth-order valence-electron chi connectivity index (χ4n) is 1.75. The third-order valence-corrected chi connectivity index (χ3v) is 4.10. The van der Waals surface area contributed by atoms with Crippen LogP contribution in [0.2, 0.25) is 0 Å². The van der Waals surface area contributed by atoms with Gasteiger partial charge >= 0.3 is 0 Å². The van der Waals surface area contributed by atoms with E-state index >= 15 is 0 Å². The van der Waals surface area contributed by atoms with Gasteiger partial charge in [0.1, 0.15) is 0 Å². The summed E-state index contributed by atoms with van der Waals surface area (Å²) in [6.07, 6.45) is 0. The molecule has 1 fully saturated rings. The Kier molecular flexibility index (Phi) is 3.49. The van der Waals surface area contributed by atoms with Crippen molar-refractivity contribution in [2.24, 2.45) is 0 Å². The highest BCUT2D eigenvalue weighted by atomic mass is 32.2. The third kappa shape index (κ3) is 2.35.